The van der Waals surface area contributed by atoms with Crippen LogP contribution in [-0.2, 0) is 11.3 Å². The van der Waals surface area contributed by atoms with Gasteiger partial charge in [0.2, 0.25) is 0 Å². The predicted molar refractivity (Wildman–Crippen MR) is 160 cm³/mol. The molecule has 41 heavy (non-hydrogen) atoms. The third-order valence-electron chi connectivity index (χ3n) is 8.26. The summed E-state index contributed by atoms with van der Waals surface area (Å²) in [5.74, 6) is 0.287. The first-order valence-electron chi connectivity index (χ1n) is 14.7. The SMILES string of the molecule is COC(=O)N(Cc1cccc(-c2ccc(N3CCCCCC3)c(NC(=O)c3cc(C)on3)c2)c1)C1CCC(N)CC1. The van der Waals surface area contributed by atoms with E-state index in [1.165, 1.54) is 20.0 Å². The minimum Gasteiger partial charge on any atom is -0.453 e. The van der Waals surface area contributed by atoms with Crippen molar-refractivity contribution in [2.24, 2.45) is 5.73 Å². The molecule has 1 saturated carbocycles. The summed E-state index contributed by atoms with van der Waals surface area (Å²) >= 11 is 0. The molecule has 2 amide bonds. The lowest BCUT2D eigenvalue weighted by Gasteiger charge is -2.35. The molecule has 9 nitrogen and oxygen atoms in total. The molecule has 0 radical (unpaired) electrons. The van der Waals surface area contributed by atoms with Crippen LogP contribution < -0.4 is 16.0 Å². The Labute approximate surface area is 242 Å². The summed E-state index contributed by atoms with van der Waals surface area (Å²) in [6.45, 7) is 4.14. The number of nitrogens with two attached hydrogens (primary N) is 1. The molecular formula is C32H41N5O4. The summed E-state index contributed by atoms with van der Waals surface area (Å²) in [5, 5.41) is 7.00. The number of carbonyl (C=O) groups excluding carboxylic acids is 2. The number of anilines is 2. The number of nitrogens with zero attached hydrogens (tertiary/aromatic N) is 3. The molecule has 1 saturated heterocycles. The largest absolute Gasteiger partial charge is 0.453 e. The fourth-order valence-corrected chi connectivity index (χ4v) is 5.98. The lowest BCUT2D eigenvalue weighted by Crippen LogP contribution is -2.43. The Bertz CT molecular complexity index is 1340. The van der Waals surface area contributed by atoms with Crippen molar-refractivity contribution in [3.8, 4) is 11.1 Å². The van der Waals surface area contributed by atoms with Crippen LogP contribution in [0.15, 0.2) is 53.1 Å². The second-order valence-electron chi connectivity index (χ2n) is 11.3. The van der Waals surface area contributed by atoms with Gasteiger partial charge in [-0.2, -0.15) is 0 Å². The van der Waals surface area contributed by atoms with Gasteiger partial charge in [0.15, 0.2) is 5.69 Å². The van der Waals surface area contributed by atoms with Gasteiger partial charge in [0.25, 0.3) is 5.91 Å². The molecule has 1 aliphatic carbocycles. The highest BCUT2D eigenvalue weighted by Gasteiger charge is 2.28. The zero-order chi connectivity index (χ0) is 28.8. The van der Waals surface area contributed by atoms with Crippen molar-refractivity contribution in [3.05, 3.63) is 65.5 Å². The first-order chi connectivity index (χ1) is 19.9. The minimum atomic E-state index is -0.314. The maximum atomic E-state index is 13.1. The Balaban J connectivity index is 1.42. The van der Waals surface area contributed by atoms with E-state index in [1.54, 1.807) is 13.0 Å². The molecule has 218 valence electrons. The number of aryl methyl sites for hydroxylation is 1. The van der Waals surface area contributed by atoms with Crippen molar-refractivity contribution < 1.29 is 18.8 Å². The quantitative estimate of drug-likeness (QED) is 0.358. The molecule has 1 aliphatic heterocycles. The average Bonchev–Trinajstić information content (AvgIpc) is 3.25. The second-order valence-corrected chi connectivity index (χ2v) is 11.3. The average molecular weight is 560 g/mol. The van der Waals surface area contributed by atoms with Crippen molar-refractivity contribution in [1.29, 1.82) is 0 Å². The molecule has 9 heteroatoms. The molecule has 0 bridgehead atoms. The summed E-state index contributed by atoms with van der Waals surface area (Å²) in [7, 11) is 1.43. The van der Waals surface area contributed by atoms with Crippen molar-refractivity contribution in [1.82, 2.24) is 10.1 Å². The highest BCUT2D eigenvalue weighted by atomic mass is 16.5. The summed E-state index contributed by atoms with van der Waals surface area (Å²) in [6.07, 6.45) is 7.95. The monoisotopic (exact) mass is 559 g/mol. The Morgan fingerprint density at radius 1 is 1.02 bits per heavy atom. The van der Waals surface area contributed by atoms with E-state index < -0.39 is 0 Å². The van der Waals surface area contributed by atoms with E-state index in [2.05, 4.69) is 39.6 Å². The molecule has 2 heterocycles. The Kier molecular flexibility index (Phi) is 9.24. The molecule has 2 aromatic carbocycles. The molecule has 0 spiro atoms. The van der Waals surface area contributed by atoms with E-state index in [-0.39, 0.29) is 29.8 Å². The van der Waals surface area contributed by atoms with Gasteiger partial charge in [-0.1, -0.05) is 42.3 Å². The minimum absolute atomic E-state index is 0.112. The number of ether oxygens (including phenoxy) is 1. The van der Waals surface area contributed by atoms with E-state index in [4.69, 9.17) is 15.0 Å². The normalized spacial score (nSPS) is 19.3. The van der Waals surface area contributed by atoms with Gasteiger partial charge in [0, 0.05) is 37.8 Å². The number of methoxy groups -OCH3 is 1. The Morgan fingerprint density at radius 3 is 2.44 bits per heavy atom. The van der Waals surface area contributed by atoms with E-state index in [0.717, 1.165) is 79.7 Å². The van der Waals surface area contributed by atoms with E-state index in [9.17, 15) is 9.59 Å². The van der Waals surface area contributed by atoms with Gasteiger partial charge in [0.1, 0.15) is 5.76 Å². The van der Waals surface area contributed by atoms with Gasteiger partial charge in [-0.05, 0) is 80.3 Å². The van der Waals surface area contributed by atoms with Crippen LogP contribution in [0, 0.1) is 6.92 Å². The first-order valence-corrected chi connectivity index (χ1v) is 14.7. The molecule has 3 aromatic rings. The molecule has 1 aromatic heterocycles. The number of aromatic nitrogens is 1. The van der Waals surface area contributed by atoms with E-state index in [1.807, 2.05) is 23.1 Å². The fraction of sp³-hybridized carbons (Fsp3) is 0.469. The lowest BCUT2D eigenvalue weighted by molar-refractivity contribution is 0.0879. The molecule has 0 atom stereocenters. The third kappa shape index (κ3) is 7.08. The van der Waals surface area contributed by atoms with Crippen molar-refractivity contribution >= 4 is 23.4 Å². The van der Waals surface area contributed by atoms with Gasteiger partial charge in [0.05, 0.1) is 18.5 Å². The molecule has 3 N–H and O–H groups in total. The zero-order valence-electron chi connectivity index (χ0n) is 24.1. The van der Waals surface area contributed by atoms with Crippen LogP contribution in [0.3, 0.4) is 0 Å². The smallest absolute Gasteiger partial charge is 0.410 e. The van der Waals surface area contributed by atoms with Crippen LogP contribution in [-0.4, -0.2) is 54.3 Å². The molecule has 2 aliphatic rings. The molecule has 2 fully saturated rings. The zero-order valence-corrected chi connectivity index (χ0v) is 24.1. The highest BCUT2D eigenvalue weighted by molar-refractivity contribution is 6.05. The van der Waals surface area contributed by atoms with Crippen LogP contribution in [0.1, 0.15) is 73.2 Å². The predicted octanol–water partition coefficient (Wildman–Crippen LogP) is 6.12. The van der Waals surface area contributed by atoms with Gasteiger partial charge in [-0.25, -0.2) is 4.79 Å². The van der Waals surface area contributed by atoms with Crippen molar-refractivity contribution in [2.45, 2.75) is 76.9 Å². The van der Waals surface area contributed by atoms with E-state index in [0.29, 0.717) is 12.3 Å². The number of amides is 2. The number of hydrogen-bond donors (Lipinski definition) is 2. The van der Waals surface area contributed by atoms with Gasteiger partial charge in [-0.3, -0.25) is 4.79 Å². The number of benzene rings is 2. The van der Waals surface area contributed by atoms with Gasteiger partial charge in [-0.15, -0.1) is 0 Å². The molecule has 5 rings (SSSR count). The summed E-state index contributed by atoms with van der Waals surface area (Å²) < 4.78 is 10.3. The molecular weight excluding hydrogens is 518 g/mol. The summed E-state index contributed by atoms with van der Waals surface area (Å²) in [5.41, 5.74) is 11.1. The second kappa shape index (κ2) is 13.2. The topological polar surface area (TPSA) is 114 Å². The van der Waals surface area contributed by atoms with E-state index >= 15 is 0 Å². The number of hydrogen-bond acceptors (Lipinski definition) is 7. The van der Waals surface area contributed by atoms with Crippen LogP contribution in [0.25, 0.3) is 11.1 Å². The van der Waals surface area contributed by atoms with Gasteiger partial charge < -0.3 is 30.1 Å². The van der Waals surface area contributed by atoms with Crippen LogP contribution in [0.4, 0.5) is 16.2 Å². The third-order valence-corrected chi connectivity index (χ3v) is 8.26. The number of nitrogens with one attached hydrogen (secondary N) is 1. The summed E-state index contributed by atoms with van der Waals surface area (Å²) in [6, 6.07) is 16.4. The Morgan fingerprint density at radius 2 is 1.76 bits per heavy atom. The number of carbonyl (C=O) groups is 2. The first kappa shape index (κ1) is 28.7. The highest BCUT2D eigenvalue weighted by Crippen LogP contribution is 2.34. The molecule has 0 unspecified atom stereocenters. The number of rotatable bonds is 7. The lowest BCUT2D eigenvalue weighted by atomic mass is 9.90. The van der Waals surface area contributed by atoms with Crippen LogP contribution in [0.5, 0.6) is 0 Å². The standard InChI is InChI=1S/C32H41N5O4/c1-22-18-29(35-41-22)31(38)34-28-20-25(10-15-30(28)36-16-5-3-4-6-17-36)24-9-7-8-23(19-24)21-37(32(39)40-2)27-13-11-26(33)12-14-27/h7-10,15,18-20,26-27H,3-6,11-14,16-17,21,33H2,1-2H3,(H,34,38). The Hall–Kier alpha value is -3.85. The van der Waals surface area contributed by atoms with Gasteiger partial charge >= 0.3 is 6.09 Å². The van der Waals surface area contributed by atoms with Crippen LogP contribution in [0.2, 0.25) is 0 Å². The summed E-state index contributed by atoms with van der Waals surface area (Å²) in [4.78, 5) is 30.0. The maximum Gasteiger partial charge on any atom is 0.410 e. The van der Waals surface area contributed by atoms with Crippen molar-refractivity contribution in [3.63, 3.8) is 0 Å². The fourth-order valence-electron chi connectivity index (χ4n) is 5.98. The maximum absolute atomic E-state index is 13.1. The van der Waals surface area contributed by atoms with Crippen molar-refractivity contribution in [2.75, 3.05) is 30.4 Å². The van der Waals surface area contributed by atoms with Crippen LogP contribution >= 0.6 is 0 Å².